The monoisotopic (exact) mass is 259 g/mol. The Morgan fingerprint density at radius 1 is 1.28 bits per heavy atom. The normalized spacial score (nSPS) is 12.9. The van der Waals surface area contributed by atoms with Crippen molar-refractivity contribution >= 4 is 11.9 Å². The third-order valence-electron chi connectivity index (χ3n) is 2.13. The van der Waals surface area contributed by atoms with E-state index in [1.54, 1.807) is 20.8 Å². The van der Waals surface area contributed by atoms with E-state index in [0.29, 0.717) is 13.0 Å². The summed E-state index contributed by atoms with van der Waals surface area (Å²) in [5.74, 6) is -0.803. The molecular formula is C12H25N3O3. The van der Waals surface area contributed by atoms with Gasteiger partial charge in [0, 0.05) is 0 Å². The molecule has 0 aromatic carbocycles. The maximum atomic E-state index is 11.5. The lowest BCUT2D eigenvalue weighted by Crippen LogP contribution is -2.43. The maximum Gasteiger partial charge on any atom is 0.325 e. The summed E-state index contributed by atoms with van der Waals surface area (Å²) in [4.78, 5) is 22.9. The molecule has 106 valence electrons. The van der Waals surface area contributed by atoms with Crippen molar-refractivity contribution in [3.63, 3.8) is 0 Å². The molecule has 6 nitrogen and oxygen atoms in total. The first kappa shape index (κ1) is 16.9. The lowest BCUT2D eigenvalue weighted by molar-refractivity contribution is -0.154. The minimum Gasteiger partial charge on any atom is -0.459 e. The summed E-state index contributed by atoms with van der Waals surface area (Å²) < 4.78 is 5.06. The van der Waals surface area contributed by atoms with Crippen LogP contribution in [0.2, 0.25) is 0 Å². The molecule has 0 rings (SSSR count). The van der Waals surface area contributed by atoms with Crippen LogP contribution in [-0.2, 0) is 14.3 Å². The molecule has 0 aromatic rings. The molecule has 0 saturated heterocycles. The fraction of sp³-hybridized carbons (Fsp3) is 0.833. The lowest BCUT2D eigenvalue weighted by Gasteiger charge is -2.20. The summed E-state index contributed by atoms with van der Waals surface area (Å²) >= 11 is 0. The van der Waals surface area contributed by atoms with Gasteiger partial charge in [-0.1, -0.05) is 6.42 Å². The quantitative estimate of drug-likeness (QED) is 0.437. The van der Waals surface area contributed by atoms with Crippen molar-refractivity contribution in [2.24, 2.45) is 11.5 Å². The summed E-state index contributed by atoms with van der Waals surface area (Å²) in [5, 5.41) is 2.46. The van der Waals surface area contributed by atoms with Crippen molar-refractivity contribution < 1.29 is 14.3 Å². The van der Waals surface area contributed by atoms with Gasteiger partial charge in [-0.15, -0.1) is 0 Å². The highest BCUT2D eigenvalue weighted by atomic mass is 16.6. The van der Waals surface area contributed by atoms with E-state index >= 15 is 0 Å². The highest BCUT2D eigenvalue weighted by molar-refractivity contribution is 5.85. The Morgan fingerprint density at radius 3 is 2.39 bits per heavy atom. The zero-order valence-electron chi connectivity index (χ0n) is 11.5. The molecule has 0 heterocycles. The molecule has 0 radical (unpaired) electrons. The zero-order chi connectivity index (χ0) is 14.2. The number of hydrogen-bond acceptors (Lipinski definition) is 5. The average Bonchev–Trinajstić information content (AvgIpc) is 2.23. The van der Waals surface area contributed by atoms with E-state index in [0.717, 1.165) is 12.8 Å². The molecule has 1 atom stereocenters. The summed E-state index contributed by atoms with van der Waals surface area (Å²) in [6.45, 7) is 5.74. The summed E-state index contributed by atoms with van der Waals surface area (Å²) in [7, 11) is 0. The smallest absolute Gasteiger partial charge is 0.325 e. The number of carbonyl (C=O) groups is 2. The SMILES string of the molecule is CC(C)(C)OC(=O)CNC(=O)C(N)CCCCN. The number of unbranched alkanes of at least 4 members (excludes halogenated alkanes) is 1. The van der Waals surface area contributed by atoms with Gasteiger partial charge in [0.15, 0.2) is 0 Å². The summed E-state index contributed by atoms with van der Waals surface area (Å²) in [6, 6.07) is -0.598. The van der Waals surface area contributed by atoms with E-state index in [1.807, 2.05) is 0 Å². The van der Waals surface area contributed by atoms with Gasteiger partial charge in [0.1, 0.15) is 12.1 Å². The highest BCUT2D eigenvalue weighted by Gasteiger charge is 2.18. The Morgan fingerprint density at radius 2 is 1.89 bits per heavy atom. The molecular weight excluding hydrogens is 234 g/mol. The van der Waals surface area contributed by atoms with Crippen LogP contribution in [0.1, 0.15) is 40.0 Å². The van der Waals surface area contributed by atoms with Crippen molar-refractivity contribution in [2.45, 2.75) is 51.7 Å². The Labute approximate surface area is 108 Å². The van der Waals surface area contributed by atoms with Gasteiger partial charge in [-0.3, -0.25) is 9.59 Å². The zero-order valence-corrected chi connectivity index (χ0v) is 11.5. The van der Waals surface area contributed by atoms with Gasteiger partial charge < -0.3 is 21.5 Å². The summed E-state index contributed by atoms with van der Waals surface area (Å²) in [5.41, 5.74) is 10.5. The van der Waals surface area contributed by atoms with Gasteiger partial charge in [0.2, 0.25) is 5.91 Å². The van der Waals surface area contributed by atoms with Crippen LogP contribution in [0.25, 0.3) is 0 Å². The van der Waals surface area contributed by atoms with Crippen molar-refractivity contribution in [2.75, 3.05) is 13.1 Å². The van der Waals surface area contributed by atoms with Crippen molar-refractivity contribution in [3.05, 3.63) is 0 Å². The lowest BCUT2D eigenvalue weighted by atomic mass is 10.1. The molecule has 0 fully saturated rings. The Hall–Kier alpha value is -1.14. The molecule has 0 aliphatic carbocycles. The molecule has 0 saturated carbocycles. The minimum absolute atomic E-state index is 0.152. The van der Waals surface area contributed by atoms with Crippen LogP contribution in [0.3, 0.4) is 0 Å². The van der Waals surface area contributed by atoms with Crippen molar-refractivity contribution in [1.82, 2.24) is 5.32 Å². The number of esters is 1. The predicted octanol–water partition coefficient (Wildman–Crippen LogP) is -0.0994. The number of nitrogens with one attached hydrogen (secondary N) is 1. The first-order valence-corrected chi connectivity index (χ1v) is 6.21. The first-order valence-electron chi connectivity index (χ1n) is 6.21. The molecule has 0 aliphatic rings. The minimum atomic E-state index is -0.598. The number of ether oxygens (including phenoxy) is 1. The van der Waals surface area contributed by atoms with Gasteiger partial charge in [0.05, 0.1) is 6.04 Å². The van der Waals surface area contributed by atoms with Crippen LogP contribution in [0, 0.1) is 0 Å². The second-order valence-electron chi connectivity index (χ2n) is 5.20. The molecule has 6 heteroatoms. The van der Waals surface area contributed by atoms with E-state index in [-0.39, 0.29) is 12.5 Å². The van der Waals surface area contributed by atoms with E-state index in [4.69, 9.17) is 16.2 Å². The number of nitrogens with two attached hydrogens (primary N) is 2. The average molecular weight is 259 g/mol. The molecule has 0 aromatic heterocycles. The van der Waals surface area contributed by atoms with Gasteiger partial charge >= 0.3 is 5.97 Å². The van der Waals surface area contributed by atoms with Crippen molar-refractivity contribution in [3.8, 4) is 0 Å². The van der Waals surface area contributed by atoms with Crippen molar-refractivity contribution in [1.29, 1.82) is 0 Å². The third-order valence-corrected chi connectivity index (χ3v) is 2.13. The maximum absolute atomic E-state index is 11.5. The van der Waals surface area contributed by atoms with E-state index in [9.17, 15) is 9.59 Å². The second kappa shape index (κ2) is 8.05. The third kappa shape index (κ3) is 8.95. The topological polar surface area (TPSA) is 107 Å². The van der Waals surface area contributed by atoms with Gasteiger partial charge in [-0.25, -0.2) is 0 Å². The Bertz CT molecular complexity index is 274. The van der Waals surface area contributed by atoms with Crippen LogP contribution in [-0.4, -0.2) is 36.6 Å². The number of amides is 1. The van der Waals surface area contributed by atoms with E-state index in [2.05, 4.69) is 5.32 Å². The number of rotatable bonds is 7. The molecule has 0 bridgehead atoms. The van der Waals surface area contributed by atoms with Gasteiger partial charge in [0.25, 0.3) is 0 Å². The number of carbonyl (C=O) groups excluding carboxylic acids is 2. The summed E-state index contributed by atoms with van der Waals surface area (Å²) in [6.07, 6.45) is 2.21. The van der Waals surface area contributed by atoms with Gasteiger partial charge in [-0.2, -0.15) is 0 Å². The Balaban J connectivity index is 3.85. The van der Waals surface area contributed by atoms with Crippen LogP contribution >= 0.6 is 0 Å². The molecule has 0 spiro atoms. The molecule has 1 unspecified atom stereocenters. The van der Waals surface area contributed by atoms with E-state index in [1.165, 1.54) is 0 Å². The molecule has 1 amide bonds. The van der Waals surface area contributed by atoms with Crippen LogP contribution in [0.4, 0.5) is 0 Å². The standard InChI is InChI=1S/C12H25N3O3/c1-12(2,3)18-10(16)8-15-11(17)9(14)6-4-5-7-13/h9H,4-8,13-14H2,1-3H3,(H,15,17). The predicted molar refractivity (Wildman–Crippen MR) is 69.7 cm³/mol. The van der Waals surface area contributed by atoms with Crippen LogP contribution in [0.5, 0.6) is 0 Å². The largest absolute Gasteiger partial charge is 0.459 e. The number of hydrogen-bond donors (Lipinski definition) is 3. The van der Waals surface area contributed by atoms with E-state index < -0.39 is 17.6 Å². The molecule has 0 aliphatic heterocycles. The van der Waals surface area contributed by atoms with Crippen LogP contribution in [0.15, 0.2) is 0 Å². The highest BCUT2D eigenvalue weighted by Crippen LogP contribution is 2.06. The molecule has 18 heavy (non-hydrogen) atoms. The van der Waals surface area contributed by atoms with Crippen LogP contribution < -0.4 is 16.8 Å². The fourth-order valence-electron chi connectivity index (χ4n) is 1.31. The fourth-order valence-corrected chi connectivity index (χ4v) is 1.31. The first-order chi connectivity index (χ1) is 8.26. The second-order valence-corrected chi connectivity index (χ2v) is 5.20. The molecule has 5 N–H and O–H groups in total. The Kier molecular flexibility index (Phi) is 7.54. The van der Waals surface area contributed by atoms with Gasteiger partial charge in [-0.05, 0) is 40.2 Å².